The molecular formula is C22H27NO. The molecule has 0 atom stereocenters. The highest BCUT2D eigenvalue weighted by Gasteiger charge is 2.05. The number of amides is 1. The Kier molecular flexibility index (Phi) is 6.80. The molecule has 2 rings (SSSR count). The van der Waals surface area contributed by atoms with E-state index in [4.69, 9.17) is 0 Å². The molecule has 126 valence electrons. The van der Waals surface area contributed by atoms with Crippen LogP contribution in [0.2, 0.25) is 0 Å². The van der Waals surface area contributed by atoms with Crippen molar-refractivity contribution in [3.63, 3.8) is 0 Å². The van der Waals surface area contributed by atoms with Crippen LogP contribution in [0.4, 0.5) is 0 Å². The van der Waals surface area contributed by atoms with Crippen molar-refractivity contribution in [2.75, 3.05) is 7.05 Å². The monoisotopic (exact) mass is 321 g/mol. The van der Waals surface area contributed by atoms with Crippen molar-refractivity contribution in [1.82, 2.24) is 4.90 Å². The predicted molar refractivity (Wildman–Crippen MR) is 102 cm³/mol. The lowest BCUT2D eigenvalue weighted by atomic mass is 10.0. The molecule has 0 heterocycles. The van der Waals surface area contributed by atoms with Crippen molar-refractivity contribution in [3.8, 4) is 11.1 Å². The molecule has 0 N–H and O–H groups in total. The number of hydrogen-bond donors (Lipinski definition) is 0. The smallest absolute Gasteiger partial charge is 0.245 e. The third kappa shape index (κ3) is 5.09. The number of rotatable bonds is 8. The molecule has 0 aliphatic carbocycles. The van der Waals surface area contributed by atoms with Gasteiger partial charge in [-0.15, -0.1) is 0 Å². The molecule has 2 aromatic rings. The van der Waals surface area contributed by atoms with Gasteiger partial charge in [0.05, 0.1) is 0 Å². The fraction of sp³-hybridized carbons (Fsp3) is 0.318. The number of hydrogen-bond acceptors (Lipinski definition) is 1. The Hall–Kier alpha value is -2.35. The summed E-state index contributed by atoms with van der Waals surface area (Å²) in [6.45, 7) is 6.35. The molecular weight excluding hydrogens is 294 g/mol. The number of carbonyl (C=O) groups excluding carboxylic acids is 1. The third-order valence-corrected chi connectivity index (χ3v) is 4.28. The number of aryl methyl sites for hydroxylation is 1. The lowest BCUT2D eigenvalue weighted by Crippen LogP contribution is -2.23. The summed E-state index contributed by atoms with van der Waals surface area (Å²) in [6.07, 6.45) is 6.33. The molecule has 0 bridgehead atoms. The average Bonchev–Trinajstić information content (AvgIpc) is 2.62. The van der Waals surface area contributed by atoms with Gasteiger partial charge in [0.15, 0.2) is 0 Å². The van der Waals surface area contributed by atoms with E-state index >= 15 is 0 Å². The molecule has 0 unspecified atom stereocenters. The van der Waals surface area contributed by atoms with E-state index in [-0.39, 0.29) is 5.91 Å². The van der Waals surface area contributed by atoms with E-state index in [1.807, 2.05) is 0 Å². The second kappa shape index (κ2) is 9.07. The van der Waals surface area contributed by atoms with Gasteiger partial charge in [0.2, 0.25) is 5.91 Å². The lowest BCUT2D eigenvalue weighted by Gasteiger charge is -2.15. The maximum absolute atomic E-state index is 11.5. The Morgan fingerprint density at radius 3 is 2.00 bits per heavy atom. The first kappa shape index (κ1) is 18.0. The number of nitrogens with zero attached hydrogens (tertiary/aromatic N) is 1. The second-order valence-electron chi connectivity index (χ2n) is 6.25. The molecule has 24 heavy (non-hydrogen) atoms. The fourth-order valence-electron chi connectivity index (χ4n) is 2.75. The van der Waals surface area contributed by atoms with Crippen LogP contribution in [0.5, 0.6) is 0 Å². The minimum Gasteiger partial charge on any atom is -0.338 e. The van der Waals surface area contributed by atoms with Crippen LogP contribution in [-0.4, -0.2) is 17.9 Å². The predicted octanol–water partition coefficient (Wildman–Crippen LogP) is 5.23. The molecule has 2 nitrogen and oxygen atoms in total. The Morgan fingerprint density at radius 1 is 0.958 bits per heavy atom. The summed E-state index contributed by atoms with van der Waals surface area (Å²) < 4.78 is 0. The van der Waals surface area contributed by atoms with Crippen LogP contribution in [0.3, 0.4) is 0 Å². The molecule has 0 saturated carbocycles. The van der Waals surface area contributed by atoms with Crippen LogP contribution in [0.15, 0.2) is 61.2 Å². The number of unbranched alkanes of at least 4 members (excludes halogenated alkanes) is 2. The van der Waals surface area contributed by atoms with Crippen LogP contribution in [0, 0.1) is 0 Å². The van der Waals surface area contributed by atoms with Crippen molar-refractivity contribution in [1.29, 1.82) is 0 Å². The van der Waals surface area contributed by atoms with Gasteiger partial charge in [-0.25, -0.2) is 0 Å². The summed E-state index contributed by atoms with van der Waals surface area (Å²) in [6, 6.07) is 17.3. The first-order chi connectivity index (χ1) is 11.6. The van der Waals surface area contributed by atoms with Crippen molar-refractivity contribution >= 4 is 5.91 Å². The number of benzene rings is 2. The molecule has 0 aliphatic rings. The van der Waals surface area contributed by atoms with Crippen LogP contribution in [-0.2, 0) is 17.8 Å². The summed E-state index contributed by atoms with van der Waals surface area (Å²) in [7, 11) is 1.79. The largest absolute Gasteiger partial charge is 0.338 e. The third-order valence-electron chi connectivity index (χ3n) is 4.28. The summed E-state index contributed by atoms with van der Waals surface area (Å²) >= 11 is 0. The first-order valence-electron chi connectivity index (χ1n) is 8.70. The van der Waals surface area contributed by atoms with Gasteiger partial charge in [0.1, 0.15) is 0 Å². The molecule has 0 aromatic heterocycles. The topological polar surface area (TPSA) is 20.3 Å². The molecule has 0 spiro atoms. The standard InChI is InChI=1S/C22H27NO/c1-4-6-7-8-18-9-13-20(14-10-18)21-15-11-19(12-16-21)17-23(3)22(24)5-2/h5,9-16H,2,4,6-8,17H2,1,3H3. The molecule has 1 amide bonds. The minimum absolute atomic E-state index is 0.0576. The van der Waals surface area contributed by atoms with Gasteiger partial charge in [-0.2, -0.15) is 0 Å². The van der Waals surface area contributed by atoms with E-state index in [0.717, 1.165) is 12.0 Å². The Bertz CT molecular complexity index is 655. The summed E-state index contributed by atoms with van der Waals surface area (Å²) in [4.78, 5) is 13.2. The zero-order valence-electron chi connectivity index (χ0n) is 14.8. The highest BCUT2D eigenvalue weighted by atomic mass is 16.2. The van der Waals surface area contributed by atoms with Crippen LogP contribution >= 0.6 is 0 Å². The van der Waals surface area contributed by atoms with Crippen LogP contribution in [0.25, 0.3) is 11.1 Å². The zero-order valence-corrected chi connectivity index (χ0v) is 14.8. The van der Waals surface area contributed by atoms with Gasteiger partial charge in [-0.1, -0.05) is 74.9 Å². The van der Waals surface area contributed by atoms with Gasteiger partial charge in [0.25, 0.3) is 0 Å². The highest BCUT2D eigenvalue weighted by molar-refractivity contribution is 5.86. The molecule has 2 heteroatoms. The van der Waals surface area contributed by atoms with E-state index in [1.54, 1.807) is 11.9 Å². The molecule has 0 saturated heterocycles. The minimum atomic E-state index is -0.0576. The van der Waals surface area contributed by atoms with E-state index in [1.165, 1.54) is 42.0 Å². The van der Waals surface area contributed by atoms with Gasteiger partial charge in [0, 0.05) is 13.6 Å². The zero-order chi connectivity index (χ0) is 17.4. The Labute approximate surface area is 145 Å². The van der Waals surface area contributed by atoms with Crippen LogP contribution in [0.1, 0.15) is 37.3 Å². The van der Waals surface area contributed by atoms with Crippen molar-refractivity contribution in [3.05, 3.63) is 72.3 Å². The maximum atomic E-state index is 11.5. The van der Waals surface area contributed by atoms with Crippen molar-refractivity contribution < 1.29 is 4.79 Å². The Balaban J connectivity index is 1.99. The summed E-state index contributed by atoms with van der Waals surface area (Å²) in [5.74, 6) is -0.0576. The average molecular weight is 321 g/mol. The normalized spacial score (nSPS) is 10.4. The van der Waals surface area contributed by atoms with Crippen molar-refractivity contribution in [2.45, 2.75) is 39.2 Å². The molecule has 0 aliphatic heterocycles. The molecule has 2 aromatic carbocycles. The quantitative estimate of drug-likeness (QED) is 0.481. The first-order valence-corrected chi connectivity index (χ1v) is 8.70. The SMILES string of the molecule is C=CC(=O)N(C)Cc1ccc(-c2ccc(CCCCC)cc2)cc1. The van der Waals surface area contributed by atoms with Gasteiger partial charge in [-0.05, 0) is 41.2 Å². The van der Waals surface area contributed by atoms with Gasteiger partial charge < -0.3 is 4.90 Å². The maximum Gasteiger partial charge on any atom is 0.245 e. The van der Waals surface area contributed by atoms with E-state index in [0.29, 0.717) is 6.54 Å². The van der Waals surface area contributed by atoms with E-state index < -0.39 is 0 Å². The molecule has 0 radical (unpaired) electrons. The van der Waals surface area contributed by atoms with E-state index in [9.17, 15) is 4.79 Å². The fourth-order valence-corrected chi connectivity index (χ4v) is 2.75. The lowest BCUT2D eigenvalue weighted by molar-refractivity contribution is -0.125. The van der Waals surface area contributed by atoms with Gasteiger partial charge in [-0.3, -0.25) is 4.79 Å². The van der Waals surface area contributed by atoms with E-state index in [2.05, 4.69) is 62.0 Å². The number of likely N-dealkylation sites (N-methyl/N-ethyl adjacent to an activating group) is 1. The second-order valence-corrected chi connectivity index (χ2v) is 6.25. The molecule has 0 fully saturated rings. The number of carbonyl (C=O) groups is 1. The van der Waals surface area contributed by atoms with Crippen LogP contribution < -0.4 is 0 Å². The van der Waals surface area contributed by atoms with Crippen molar-refractivity contribution in [2.24, 2.45) is 0 Å². The summed E-state index contributed by atoms with van der Waals surface area (Å²) in [5.41, 5.74) is 4.97. The Morgan fingerprint density at radius 2 is 1.50 bits per heavy atom. The highest BCUT2D eigenvalue weighted by Crippen LogP contribution is 2.21. The summed E-state index contributed by atoms with van der Waals surface area (Å²) in [5, 5.41) is 0. The van der Waals surface area contributed by atoms with Gasteiger partial charge >= 0.3 is 0 Å².